The van der Waals surface area contributed by atoms with Crippen LogP contribution < -0.4 is 4.74 Å². The first-order valence-corrected chi connectivity index (χ1v) is 9.00. The van der Waals surface area contributed by atoms with Gasteiger partial charge in [-0.15, -0.1) is 0 Å². The molecule has 1 fully saturated rings. The zero-order valence-corrected chi connectivity index (χ0v) is 13.0. The number of ether oxygens (including phenoxy) is 1. The Kier molecular flexibility index (Phi) is 4.08. The molecule has 0 amide bonds. The summed E-state index contributed by atoms with van der Waals surface area (Å²) in [6.45, 7) is 0. The van der Waals surface area contributed by atoms with Crippen LogP contribution in [0.15, 0.2) is 24.5 Å². The molecule has 8 heteroatoms. The lowest BCUT2D eigenvalue weighted by Gasteiger charge is -2.23. The molecule has 7 nitrogen and oxygen atoms in total. The van der Waals surface area contributed by atoms with E-state index in [0.717, 1.165) is 11.5 Å². The highest BCUT2D eigenvalue weighted by Crippen LogP contribution is 2.25. The second kappa shape index (κ2) is 6.04. The van der Waals surface area contributed by atoms with Crippen molar-refractivity contribution in [1.29, 1.82) is 0 Å². The zero-order chi connectivity index (χ0) is 16.4. The van der Waals surface area contributed by atoms with Gasteiger partial charge in [0.1, 0.15) is 17.5 Å². The molecule has 0 atom stereocenters. The number of carboxylic acids is 1. The van der Waals surface area contributed by atoms with Crippen LogP contribution in [0.4, 0.5) is 0 Å². The van der Waals surface area contributed by atoms with Crippen LogP contribution in [-0.4, -0.2) is 47.1 Å². The van der Waals surface area contributed by atoms with Crippen LogP contribution in [0.5, 0.6) is 5.75 Å². The summed E-state index contributed by atoms with van der Waals surface area (Å²) in [5.41, 5.74) is 1.33. The minimum Gasteiger partial charge on any atom is -0.489 e. The second-order valence-electron chi connectivity index (χ2n) is 5.45. The number of sulfone groups is 1. The van der Waals surface area contributed by atoms with Crippen molar-refractivity contribution in [2.45, 2.75) is 18.9 Å². The normalized spacial score (nSPS) is 18.4. The Morgan fingerprint density at radius 3 is 2.83 bits per heavy atom. The largest absolute Gasteiger partial charge is 0.489 e. The number of aliphatic carboxylic acids is 1. The standard InChI is InChI=1S/C15H16N2O5S/c18-14(19)2-1-10-8-16-15-13(10)7-12(9-17-15)22-11-3-5-23(20,21)6-4-11/h1-2,7-9,11H,3-6H2,(H,16,17)(H,18,19)/b2-1+. The van der Waals surface area contributed by atoms with Gasteiger partial charge in [0.05, 0.1) is 17.7 Å². The van der Waals surface area contributed by atoms with Crippen LogP contribution >= 0.6 is 0 Å². The fourth-order valence-electron chi connectivity index (χ4n) is 2.55. The van der Waals surface area contributed by atoms with Crippen molar-refractivity contribution >= 4 is 32.9 Å². The fraction of sp³-hybridized carbons (Fsp3) is 0.333. The van der Waals surface area contributed by atoms with Gasteiger partial charge in [0.15, 0.2) is 9.84 Å². The van der Waals surface area contributed by atoms with Crippen molar-refractivity contribution in [2.24, 2.45) is 0 Å². The summed E-state index contributed by atoms with van der Waals surface area (Å²) in [5.74, 6) is -0.191. The third kappa shape index (κ3) is 3.70. The monoisotopic (exact) mass is 336 g/mol. The molecule has 0 aliphatic carbocycles. The number of pyridine rings is 1. The molecular formula is C15H16N2O5S. The second-order valence-corrected chi connectivity index (χ2v) is 7.76. The molecule has 2 aromatic heterocycles. The van der Waals surface area contributed by atoms with E-state index in [1.807, 2.05) is 0 Å². The molecular weight excluding hydrogens is 320 g/mol. The number of carbonyl (C=O) groups is 1. The van der Waals surface area contributed by atoms with Crippen LogP contribution in [0, 0.1) is 0 Å². The Balaban J connectivity index is 1.79. The van der Waals surface area contributed by atoms with Crippen LogP contribution in [0.1, 0.15) is 18.4 Å². The fourth-order valence-corrected chi connectivity index (χ4v) is 3.99. The third-order valence-corrected chi connectivity index (χ3v) is 5.46. The molecule has 0 saturated carbocycles. The van der Waals surface area contributed by atoms with Crippen molar-refractivity contribution in [3.63, 3.8) is 0 Å². The highest BCUT2D eigenvalue weighted by Gasteiger charge is 2.25. The summed E-state index contributed by atoms with van der Waals surface area (Å²) in [7, 11) is -2.92. The molecule has 1 aliphatic heterocycles. The Morgan fingerprint density at radius 2 is 2.13 bits per heavy atom. The van der Waals surface area contributed by atoms with Gasteiger partial charge >= 0.3 is 5.97 Å². The number of aromatic amines is 1. The van der Waals surface area contributed by atoms with E-state index >= 15 is 0 Å². The lowest BCUT2D eigenvalue weighted by molar-refractivity contribution is -0.131. The van der Waals surface area contributed by atoms with E-state index in [1.54, 1.807) is 18.5 Å². The highest BCUT2D eigenvalue weighted by molar-refractivity contribution is 7.91. The first-order chi connectivity index (χ1) is 10.9. The molecule has 0 unspecified atom stereocenters. The van der Waals surface area contributed by atoms with Gasteiger partial charge in [0.2, 0.25) is 0 Å². The van der Waals surface area contributed by atoms with Crippen molar-refractivity contribution in [3.05, 3.63) is 30.1 Å². The van der Waals surface area contributed by atoms with Gasteiger partial charge in [-0.05, 0) is 25.0 Å². The Bertz CT molecular complexity index is 855. The Morgan fingerprint density at radius 1 is 1.39 bits per heavy atom. The number of rotatable bonds is 4. The van der Waals surface area contributed by atoms with Gasteiger partial charge in [-0.1, -0.05) is 0 Å². The van der Waals surface area contributed by atoms with E-state index in [-0.39, 0.29) is 17.6 Å². The molecule has 3 rings (SSSR count). The minimum absolute atomic E-state index is 0.143. The number of carboxylic acid groups (broad SMARTS) is 1. The summed E-state index contributed by atoms with van der Waals surface area (Å²) in [6, 6.07) is 1.78. The maximum Gasteiger partial charge on any atom is 0.328 e. The molecule has 1 aliphatic rings. The number of H-pyrrole nitrogens is 1. The number of aromatic nitrogens is 2. The van der Waals surface area contributed by atoms with Gasteiger partial charge in [0.25, 0.3) is 0 Å². The van der Waals surface area contributed by atoms with Crippen molar-refractivity contribution < 1.29 is 23.1 Å². The molecule has 2 N–H and O–H groups in total. The highest BCUT2D eigenvalue weighted by atomic mass is 32.2. The van der Waals surface area contributed by atoms with Crippen LogP contribution in [0.3, 0.4) is 0 Å². The average molecular weight is 336 g/mol. The van der Waals surface area contributed by atoms with Gasteiger partial charge < -0.3 is 14.8 Å². The molecule has 0 aromatic carbocycles. The van der Waals surface area contributed by atoms with Crippen molar-refractivity contribution in [1.82, 2.24) is 9.97 Å². The topological polar surface area (TPSA) is 109 Å². The van der Waals surface area contributed by atoms with Crippen LogP contribution in [0.25, 0.3) is 17.1 Å². The van der Waals surface area contributed by atoms with Crippen LogP contribution in [-0.2, 0) is 14.6 Å². The van der Waals surface area contributed by atoms with Gasteiger partial charge in [-0.2, -0.15) is 0 Å². The van der Waals surface area contributed by atoms with Gasteiger partial charge in [0, 0.05) is 23.2 Å². The molecule has 23 heavy (non-hydrogen) atoms. The van der Waals surface area contributed by atoms with Crippen molar-refractivity contribution in [3.8, 4) is 5.75 Å². The summed E-state index contributed by atoms with van der Waals surface area (Å²) < 4.78 is 28.7. The molecule has 122 valence electrons. The lowest BCUT2D eigenvalue weighted by Crippen LogP contribution is -2.30. The molecule has 3 heterocycles. The number of fused-ring (bicyclic) bond motifs is 1. The van der Waals surface area contributed by atoms with E-state index in [4.69, 9.17) is 9.84 Å². The molecule has 0 spiro atoms. The maximum atomic E-state index is 11.4. The van der Waals surface area contributed by atoms with E-state index in [0.29, 0.717) is 29.8 Å². The van der Waals surface area contributed by atoms with E-state index in [2.05, 4.69) is 9.97 Å². The molecule has 2 aromatic rings. The SMILES string of the molecule is O=C(O)/C=C/c1c[nH]c2ncc(OC3CCS(=O)(=O)CC3)cc12. The predicted molar refractivity (Wildman–Crippen MR) is 85.1 cm³/mol. The number of nitrogens with zero attached hydrogens (tertiary/aromatic N) is 1. The molecule has 0 bridgehead atoms. The van der Waals surface area contributed by atoms with Gasteiger partial charge in [-0.25, -0.2) is 18.2 Å². The summed E-state index contributed by atoms with van der Waals surface area (Å²) >= 11 is 0. The summed E-state index contributed by atoms with van der Waals surface area (Å²) in [4.78, 5) is 17.8. The molecule has 1 saturated heterocycles. The first kappa shape index (κ1) is 15.5. The quantitative estimate of drug-likeness (QED) is 0.821. The van der Waals surface area contributed by atoms with Crippen molar-refractivity contribution in [2.75, 3.05) is 11.5 Å². The number of nitrogens with one attached hydrogen (secondary N) is 1. The Hall–Kier alpha value is -2.35. The van der Waals surface area contributed by atoms with E-state index in [1.165, 1.54) is 6.08 Å². The summed E-state index contributed by atoms with van der Waals surface area (Å²) in [5, 5.41) is 9.46. The number of hydrogen-bond donors (Lipinski definition) is 2. The average Bonchev–Trinajstić information content (AvgIpc) is 2.90. The number of hydrogen-bond acceptors (Lipinski definition) is 5. The molecule has 0 radical (unpaired) electrons. The minimum atomic E-state index is -2.92. The smallest absolute Gasteiger partial charge is 0.328 e. The Labute approximate surface area is 132 Å². The summed E-state index contributed by atoms with van der Waals surface area (Å²) in [6.07, 6.45) is 6.59. The van der Waals surface area contributed by atoms with Crippen LogP contribution in [0.2, 0.25) is 0 Å². The maximum absolute atomic E-state index is 11.4. The first-order valence-electron chi connectivity index (χ1n) is 7.18. The van der Waals surface area contributed by atoms with E-state index in [9.17, 15) is 13.2 Å². The van der Waals surface area contributed by atoms with E-state index < -0.39 is 15.8 Å². The van der Waals surface area contributed by atoms with Gasteiger partial charge in [-0.3, -0.25) is 0 Å². The third-order valence-electron chi connectivity index (χ3n) is 3.75. The predicted octanol–water partition coefficient (Wildman–Crippen LogP) is 1.62. The zero-order valence-electron chi connectivity index (χ0n) is 12.2. The lowest BCUT2D eigenvalue weighted by atomic mass is 10.2.